The predicted octanol–water partition coefficient (Wildman–Crippen LogP) is 4.21. The van der Waals surface area contributed by atoms with Crippen molar-refractivity contribution in [1.82, 2.24) is 9.80 Å². The van der Waals surface area contributed by atoms with Crippen LogP contribution in [0.2, 0.25) is 0 Å². The summed E-state index contributed by atoms with van der Waals surface area (Å²) >= 11 is 0. The molecule has 0 spiro atoms. The molecule has 10 nitrogen and oxygen atoms in total. The molecular weight excluding hydrogens is 456 g/mol. The Labute approximate surface area is 207 Å². The normalized spacial score (nSPS) is 19.6. The zero-order valence-corrected chi connectivity index (χ0v) is 22.1. The fourth-order valence-corrected chi connectivity index (χ4v) is 3.40. The summed E-state index contributed by atoms with van der Waals surface area (Å²) in [6.07, 6.45) is 2.87. The standard InChI is InChI=1S/C13H21NO5.C12H19NO3/c1-13(2,3)19-12(17)14-8-6-5-7-9(10(14)15)11(16)18-4;1-9-7-5-6-8-13(10(9)14)11(15)16-12(2,3)4/h9H,5-8H2,1-4H3;1,5-8H2,2-4H3. The topological polar surface area (TPSA) is 120 Å². The number of imide groups is 2. The highest BCUT2D eigenvalue weighted by Gasteiger charge is 2.38. The van der Waals surface area contributed by atoms with Gasteiger partial charge in [-0.2, -0.15) is 0 Å². The van der Waals surface area contributed by atoms with E-state index in [1.807, 2.05) is 0 Å². The number of carbonyl (C=O) groups excluding carboxylic acids is 5. The summed E-state index contributed by atoms with van der Waals surface area (Å²) in [5.41, 5.74) is -0.765. The molecule has 0 radical (unpaired) electrons. The minimum atomic E-state index is -0.903. The third-order valence-corrected chi connectivity index (χ3v) is 5.06. The van der Waals surface area contributed by atoms with Gasteiger partial charge in [0.2, 0.25) is 5.91 Å². The Balaban J connectivity index is 0.000000355. The summed E-state index contributed by atoms with van der Waals surface area (Å²) in [6.45, 7) is 14.9. The van der Waals surface area contributed by atoms with Crippen molar-refractivity contribution >= 4 is 30.0 Å². The Morgan fingerprint density at radius 2 is 1.31 bits per heavy atom. The fraction of sp³-hybridized carbons (Fsp3) is 0.720. The van der Waals surface area contributed by atoms with Crippen LogP contribution in [0.1, 0.15) is 80.1 Å². The molecule has 198 valence electrons. The lowest BCUT2D eigenvalue weighted by Gasteiger charge is -2.26. The molecule has 4 amide bonds. The molecule has 0 aromatic carbocycles. The van der Waals surface area contributed by atoms with E-state index in [0.717, 1.165) is 22.6 Å². The maximum atomic E-state index is 12.2. The zero-order valence-electron chi connectivity index (χ0n) is 22.1. The minimum absolute atomic E-state index is 0.279. The molecule has 2 aliphatic rings. The fourth-order valence-electron chi connectivity index (χ4n) is 3.40. The van der Waals surface area contributed by atoms with Crippen LogP contribution in [0.4, 0.5) is 9.59 Å². The average molecular weight is 497 g/mol. The molecule has 0 N–H and O–H groups in total. The van der Waals surface area contributed by atoms with Crippen LogP contribution in [0.15, 0.2) is 12.2 Å². The molecule has 2 heterocycles. The van der Waals surface area contributed by atoms with Crippen molar-refractivity contribution in [2.75, 3.05) is 20.2 Å². The second kappa shape index (κ2) is 12.7. The van der Waals surface area contributed by atoms with Gasteiger partial charge < -0.3 is 14.2 Å². The van der Waals surface area contributed by atoms with Crippen molar-refractivity contribution in [3.63, 3.8) is 0 Å². The number of likely N-dealkylation sites (tertiary alicyclic amines) is 2. The highest BCUT2D eigenvalue weighted by Crippen LogP contribution is 2.22. The van der Waals surface area contributed by atoms with Gasteiger partial charge in [-0.25, -0.2) is 19.4 Å². The van der Waals surface area contributed by atoms with E-state index in [1.54, 1.807) is 41.5 Å². The highest BCUT2D eigenvalue weighted by molar-refractivity contribution is 6.04. The first-order chi connectivity index (χ1) is 16.1. The molecule has 1 unspecified atom stereocenters. The van der Waals surface area contributed by atoms with Gasteiger partial charge in [-0.3, -0.25) is 14.4 Å². The predicted molar refractivity (Wildman–Crippen MR) is 128 cm³/mol. The van der Waals surface area contributed by atoms with E-state index in [2.05, 4.69) is 11.3 Å². The van der Waals surface area contributed by atoms with Crippen LogP contribution < -0.4 is 0 Å². The number of hydrogen-bond acceptors (Lipinski definition) is 8. The van der Waals surface area contributed by atoms with Crippen LogP contribution >= 0.6 is 0 Å². The molecule has 2 rings (SSSR count). The molecule has 0 aliphatic carbocycles. The van der Waals surface area contributed by atoms with Crippen molar-refractivity contribution in [1.29, 1.82) is 0 Å². The van der Waals surface area contributed by atoms with Gasteiger partial charge in [0.1, 0.15) is 17.1 Å². The Bertz CT molecular complexity index is 822. The molecule has 0 aromatic rings. The van der Waals surface area contributed by atoms with Gasteiger partial charge in [0.25, 0.3) is 5.91 Å². The van der Waals surface area contributed by atoms with Gasteiger partial charge in [-0.15, -0.1) is 0 Å². The van der Waals surface area contributed by atoms with Crippen LogP contribution in [0.3, 0.4) is 0 Å². The molecule has 2 fully saturated rings. The first-order valence-corrected chi connectivity index (χ1v) is 11.9. The van der Waals surface area contributed by atoms with Crippen LogP contribution in [-0.2, 0) is 28.6 Å². The second-order valence-corrected chi connectivity index (χ2v) is 10.5. The first kappa shape index (κ1) is 30.1. The van der Waals surface area contributed by atoms with Crippen molar-refractivity contribution in [2.45, 2.75) is 91.3 Å². The lowest BCUT2D eigenvalue weighted by atomic mass is 10.0. The van der Waals surface area contributed by atoms with Gasteiger partial charge in [0.05, 0.1) is 7.11 Å². The van der Waals surface area contributed by atoms with Gasteiger partial charge in [0, 0.05) is 18.7 Å². The molecule has 10 heteroatoms. The summed E-state index contributed by atoms with van der Waals surface area (Å²) in [7, 11) is 1.23. The highest BCUT2D eigenvalue weighted by atomic mass is 16.6. The lowest BCUT2D eigenvalue weighted by molar-refractivity contribution is -0.152. The molecular formula is C25H40N2O8. The summed E-state index contributed by atoms with van der Waals surface area (Å²) in [4.78, 5) is 61.5. The van der Waals surface area contributed by atoms with E-state index in [4.69, 9.17) is 9.47 Å². The average Bonchev–Trinajstić information content (AvgIpc) is 3.01. The number of hydrogen-bond donors (Lipinski definition) is 0. The lowest BCUT2D eigenvalue weighted by Crippen LogP contribution is -2.44. The van der Waals surface area contributed by atoms with Crippen molar-refractivity contribution < 1.29 is 38.2 Å². The number of amides is 4. The van der Waals surface area contributed by atoms with Crippen molar-refractivity contribution in [3.8, 4) is 0 Å². The van der Waals surface area contributed by atoms with Crippen LogP contribution in [-0.4, -0.2) is 71.2 Å². The van der Waals surface area contributed by atoms with Crippen molar-refractivity contribution in [3.05, 3.63) is 12.2 Å². The summed E-state index contributed by atoms with van der Waals surface area (Å²) in [5, 5.41) is 0. The van der Waals surface area contributed by atoms with Crippen LogP contribution in [0.25, 0.3) is 0 Å². The Kier molecular flexibility index (Phi) is 10.9. The molecule has 2 aliphatic heterocycles. The van der Waals surface area contributed by atoms with E-state index in [0.29, 0.717) is 37.8 Å². The number of ether oxygens (including phenoxy) is 3. The third kappa shape index (κ3) is 10.1. The van der Waals surface area contributed by atoms with E-state index in [1.165, 1.54) is 7.11 Å². The van der Waals surface area contributed by atoms with E-state index < -0.39 is 41.2 Å². The number of carbonyl (C=O) groups is 5. The maximum Gasteiger partial charge on any atom is 0.417 e. The number of esters is 1. The third-order valence-electron chi connectivity index (χ3n) is 5.06. The van der Waals surface area contributed by atoms with Gasteiger partial charge in [-0.05, 0) is 73.6 Å². The largest absolute Gasteiger partial charge is 0.468 e. The summed E-state index contributed by atoms with van der Waals surface area (Å²) < 4.78 is 15.0. The summed E-state index contributed by atoms with van der Waals surface area (Å²) in [5.74, 6) is -2.33. The van der Waals surface area contributed by atoms with Crippen LogP contribution in [0.5, 0.6) is 0 Å². The minimum Gasteiger partial charge on any atom is -0.468 e. The first-order valence-electron chi connectivity index (χ1n) is 11.9. The molecule has 0 aromatic heterocycles. The number of methoxy groups -OCH3 is 1. The van der Waals surface area contributed by atoms with Gasteiger partial charge in [0.15, 0.2) is 0 Å². The monoisotopic (exact) mass is 496 g/mol. The van der Waals surface area contributed by atoms with Crippen molar-refractivity contribution in [2.24, 2.45) is 5.92 Å². The Hall–Kier alpha value is -2.91. The smallest absolute Gasteiger partial charge is 0.417 e. The summed E-state index contributed by atoms with van der Waals surface area (Å²) in [6, 6.07) is 0. The SMILES string of the molecule is C=C1CCCCN(C(=O)OC(C)(C)C)C1=O.COC(=O)C1CCCCN(C(=O)OC(C)(C)C)C1=O. The van der Waals surface area contributed by atoms with E-state index in [-0.39, 0.29) is 12.5 Å². The Morgan fingerprint density at radius 3 is 1.83 bits per heavy atom. The number of rotatable bonds is 1. The number of nitrogens with zero attached hydrogens (tertiary/aromatic N) is 2. The van der Waals surface area contributed by atoms with Gasteiger partial charge in [-0.1, -0.05) is 13.0 Å². The maximum absolute atomic E-state index is 12.2. The second-order valence-electron chi connectivity index (χ2n) is 10.5. The van der Waals surface area contributed by atoms with E-state index >= 15 is 0 Å². The molecule has 1 atom stereocenters. The zero-order chi connectivity index (χ0) is 27.0. The molecule has 0 saturated carbocycles. The van der Waals surface area contributed by atoms with Crippen LogP contribution in [0, 0.1) is 5.92 Å². The van der Waals surface area contributed by atoms with E-state index in [9.17, 15) is 24.0 Å². The quantitative estimate of drug-likeness (QED) is 0.229. The molecule has 35 heavy (non-hydrogen) atoms. The molecule has 2 saturated heterocycles. The van der Waals surface area contributed by atoms with Gasteiger partial charge >= 0.3 is 18.2 Å². The molecule has 0 bridgehead atoms. The Morgan fingerprint density at radius 1 is 0.829 bits per heavy atom.